The van der Waals surface area contributed by atoms with Gasteiger partial charge in [-0.2, -0.15) is 18.3 Å². The van der Waals surface area contributed by atoms with Crippen LogP contribution in [-0.4, -0.2) is 44.8 Å². The molecule has 3 heterocycles. The van der Waals surface area contributed by atoms with Crippen LogP contribution < -0.4 is 0 Å². The first-order valence-electron chi connectivity index (χ1n) is 7.47. The second-order valence-electron chi connectivity index (χ2n) is 5.97. The molecule has 2 atom stereocenters. The van der Waals surface area contributed by atoms with Gasteiger partial charge in [0, 0.05) is 29.9 Å². The molecule has 1 fully saturated rings. The highest BCUT2D eigenvalue weighted by molar-refractivity contribution is 5.97. The number of halogens is 3. The van der Waals surface area contributed by atoms with Gasteiger partial charge in [0.15, 0.2) is 5.65 Å². The molecule has 23 heavy (non-hydrogen) atoms. The van der Waals surface area contributed by atoms with Crippen molar-refractivity contribution in [1.29, 1.82) is 0 Å². The summed E-state index contributed by atoms with van der Waals surface area (Å²) in [5.41, 5.74) is 1.54. The predicted molar refractivity (Wildman–Crippen MR) is 77.9 cm³/mol. The van der Waals surface area contributed by atoms with Gasteiger partial charge in [0.05, 0.1) is 11.5 Å². The van der Waals surface area contributed by atoms with Crippen LogP contribution >= 0.6 is 0 Å². The van der Waals surface area contributed by atoms with Gasteiger partial charge in [-0.05, 0) is 32.8 Å². The lowest BCUT2D eigenvalue weighted by molar-refractivity contribution is -0.195. The van der Waals surface area contributed by atoms with E-state index < -0.39 is 24.0 Å². The van der Waals surface area contributed by atoms with Crippen LogP contribution in [0.2, 0.25) is 0 Å². The monoisotopic (exact) mass is 326 g/mol. The molecule has 5 nitrogen and oxygen atoms in total. The van der Waals surface area contributed by atoms with Gasteiger partial charge in [0.2, 0.25) is 0 Å². The Kier molecular flexibility index (Phi) is 3.77. The zero-order valence-corrected chi connectivity index (χ0v) is 12.8. The molecule has 0 aromatic carbocycles. The molecular weight excluding hydrogens is 309 g/mol. The van der Waals surface area contributed by atoms with Gasteiger partial charge in [-0.15, -0.1) is 0 Å². The molecular formula is C15H17F3N4O. The number of pyridine rings is 1. The van der Waals surface area contributed by atoms with Crippen molar-refractivity contribution in [1.82, 2.24) is 20.1 Å². The highest BCUT2D eigenvalue weighted by atomic mass is 19.4. The zero-order chi connectivity index (χ0) is 16.8. The van der Waals surface area contributed by atoms with Crippen molar-refractivity contribution in [2.45, 2.75) is 38.9 Å². The lowest BCUT2D eigenvalue weighted by atomic mass is 9.89. The molecule has 0 spiro atoms. The summed E-state index contributed by atoms with van der Waals surface area (Å²) in [6, 6.07) is 0.755. The predicted octanol–water partition coefficient (Wildman–Crippen LogP) is 3.07. The van der Waals surface area contributed by atoms with Crippen molar-refractivity contribution in [3.8, 4) is 0 Å². The summed E-state index contributed by atoms with van der Waals surface area (Å²) in [7, 11) is 0. The van der Waals surface area contributed by atoms with E-state index in [-0.39, 0.29) is 12.0 Å². The maximum absolute atomic E-state index is 13.1. The van der Waals surface area contributed by atoms with E-state index in [1.807, 2.05) is 0 Å². The summed E-state index contributed by atoms with van der Waals surface area (Å²) in [6.45, 7) is 3.59. The molecule has 1 saturated heterocycles. The number of amides is 1. The maximum atomic E-state index is 13.1. The van der Waals surface area contributed by atoms with Crippen LogP contribution in [0.15, 0.2) is 12.3 Å². The fourth-order valence-electron chi connectivity index (χ4n) is 3.17. The minimum Gasteiger partial charge on any atom is -0.335 e. The number of aromatic nitrogens is 3. The van der Waals surface area contributed by atoms with E-state index in [9.17, 15) is 18.0 Å². The largest absolute Gasteiger partial charge is 0.393 e. The van der Waals surface area contributed by atoms with Gasteiger partial charge < -0.3 is 4.90 Å². The van der Waals surface area contributed by atoms with Gasteiger partial charge >= 0.3 is 6.18 Å². The molecule has 3 rings (SSSR count). The number of aromatic amines is 1. The normalized spacial score (nSPS) is 22.6. The van der Waals surface area contributed by atoms with Crippen molar-refractivity contribution in [2.24, 2.45) is 5.92 Å². The van der Waals surface area contributed by atoms with Gasteiger partial charge in [0.1, 0.15) is 0 Å². The molecule has 0 saturated carbocycles. The number of alkyl halides is 3. The Labute approximate surface area is 130 Å². The fourth-order valence-corrected chi connectivity index (χ4v) is 3.17. The van der Waals surface area contributed by atoms with Crippen LogP contribution in [0.5, 0.6) is 0 Å². The summed E-state index contributed by atoms with van der Waals surface area (Å²) in [6.07, 6.45) is -2.51. The molecule has 1 N–H and O–H groups in total. The fraction of sp³-hybridized carbons (Fsp3) is 0.533. The van der Waals surface area contributed by atoms with Crippen molar-refractivity contribution < 1.29 is 18.0 Å². The Hall–Kier alpha value is -2.12. The third-order valence-corrected chi connectivity index (χ3v) is 4.52. The number of aryl methyl sites for hydroxylation is 1. The number of rotatable bonds is 1. The average Bonchev–Trinajstić information content (AvgIpc) is 2.86. The van der Waals surface area contributed by atoms with Gasteiger partial charge in [-0.3, -0.25) is 9.89 Å². The highest BCUT2D eigenvalue weighted by Crippen LogP contribution is 2.37. The van der Waals surface area contributed by atoms with Gasteiger partial charge in [0.25, 0.3) is 5.91 Å². The molecule has 1 aliphatic rings. The minimum absolute atomic E-state index is 0.0621. The minimum atomic E-state index is -4.29. The van der Waals surface area contributed by atoms with E-state index in [2.05, 4.69) is 15.2 Å². The number of likely N-dealkylation sites (tertiary alicyclic amines) is 1. The molecule has 1 amide bonds. The number of hydrogen-bond acceptors (Lipinski definition) is 3. The highest BCUT2D eigenvalue weighted by Gasteiger charge is 2.47. The van der Waals surface area contributed by atoms with E-state index in [0.29, 0.717) is 24.0 Å². The number of piperidine rings is 1. The van der Waals surface area contributed by atoms with E-state index in [4.69, 9.17) is 0 Å². The summed E-state index contributed by atoms with van der Waals surface area (Å²) in [5.74, 6) is -1.89. The van der Waals surface area contributed by atoms with Crippen LogP contribution in [0.3, 0.4) is 0 Å². The lowest BCUT2D eigenvalue weighted by Gasteiger charge is -2.40. The van der Waals surface area contributed by atoms with Crippen LogP contribution in [0.4, 0.5) is 13.2 Å². The molecule has 8 heteroatoms. The maximum Gasteiger partial charge on any atom is 0.393 e. The Morgan fingerprint density at radius 2 is 2.17 bits per heavy atom. The van der Waals surface area contributed by atoms with Crippen molar-refractivity contribution >= 4 is 16.9 Å². The number of carbonyl (C=O) groups excluding carboxylic acids is 1. The van der Waals surface area contributed by atoms with E-state index in [1.54, 1.807) is 13.0 Å². The molecule has 0 bridgehead atoms. The van der Waals surface area contributed by atoms with Crippen LogP contribution in [0.25, 0.3) is 11.0 Å². The first kappa shape index (κ1) is 15.8. The molecule has 2 aromatic heterocycles. The van der Waals surface area contributed by atoms with E-state index in [0.717, 1.165) is 5.69 Å². The topological polar surface area (TPSA) is 61.9 Å². The summed E-state index contributed by atoms with van der Waals surface area (Å²) < 4.78 is 39.3. The quantitative estimate of drug-likeness (QED) is 0.876. The second-order valence-corrected chi connectivity index (χ2v) is 5.97. The molecule has 0 radical (unpaired) electrons. The smallest absolute Gasteiger partial charge is 0.335 e. The molecule has 2 unspecified atom stereocenters. The van der Waals surface area contributed by atoms with Gasteiger partial charge in [-0.1, -0.05) is 0 Å². The molecule has 2 aromatic rings. The third kappa shape index (κ3) is 2.77. The molecule has 1 aliphatic heterocycles. The number of carbonyl (C=O) groups is 1. The Morgan fingerprint density at radius 1 is 1.43 bits per heavy atom. The standard InChI is InChI=1S/C15H17F3N4O/c1-8-11-6-10(7-19-13(11)21-20-8)14(23)22-5-3-4-12(9(22)2)15(16,17)18/h6-7,9,12H,3-5H2,1-2H3,(H,19,20,21). The van der Waals surface area contributed by atoms with Crippen LogP contribution in [0.1, 0.15) is 35.8 Å². The van der Waals surface area contributed by atoms with Crippen LogP contribution in [-0.2, 0) is 0 Å². The zero-order valence-electron chi connectivity index (χ0n) is 12.8. The van der Waals surface area contributed by atoms with Crippen molar-refractivity contribution in [3.63, 3.8) is 0 Å². The number of nitrogens with zero attached hydrogens (tertiary/aromatic N) is 3. The number of fused-ring (bicyclic) bond motifs is 1. The Balaban J connectivity index is 1.90. The molecule has 0 aliphatic carbocycles. The van der Waals surface area contributed by atoms with Gasteiger partial charge in [-0.25, -0.2) is 4.98 Å². The second kappa shape index (κ2) is 5.50. The van der Waals surface area contributed by atoms with E-state index >= 15 is 0 Å². The average molecular weight is 326 g/mol. The number of nitrogens with one attached hydrogen (secondary N) is 1. The van der Waals surface area contributed by atoms with Crippen LogP contribution in [0, 0.1) is 12.8 Å². The van der Waals surface area contributed by atoms with Crippen molar-refractivity contribution in [2.75, 3.05) is 6.54 Å². The SMILES string of the molecule is Cc1[nH]nc2ncc(C(=O)N3CCCC(C(F)(F)F)C3C)cc12. The van der Waals surface area contributed by atoms with E-state index in [1.165, 1.54) is 18.0 Å². The first-order valence-corrected chi connectivity index (χ1v) is 7.47. The number of H-pyrrole nitrogens is 1. The summed E-state index contributed by atoms with van der Waals surface area (Å²) in [5, 5.41) is 7.45. The first-order chi connectivity index (χ1) is 10.8. The number of hydrogen-bond donors (Lipinski definition) is 1. The Morgan fingerprint density at radius 3 is 2.87 bits per heavy atom. The summed E-state index contributed by atoms with van der Waals surface area (Å²) >= 11 is 0. The molecule has 124 valence electrons. The lowest BCUT2D eigenvalue weighted by Crippen LogP contribution is -2.51. The summed E-state index contributed by atoms with van der Waals surface area (Å²) in [4.78, 5) is 18.1. The van der Waals surface area contributed by atoms with Crippen molar-refractivity contribution in [3.05, 3.63) is 23.5 Å². The Bertz CT molecular complexity index is 740. The third-order valence-electron chi connectivity index (χ3n) is 4.52.